The van der Waals surface area contributed by atoms with E-state index in [-0.39, 0.29) is 5.75 Å². The molecule has 6 heteroatoms. The van der Waals surface area contributed by atoms with Crippen LogP contribution in [0.4, 0.5) is 11.5 Å². The Morgan fingerprint density at radius 2 is 1.96 bits per heavy atom. The summed E-state index contributed by atoms with van der Waals surface area (Å²) in [6.45, 7) is 0. The number of imidazole rings is 1. The molecule has 23 heavy (non-hydrogen) atoms. The van der Waals surface area contributed by atoms with E-state index in [9.17, 15) is 5.11 Å². The van der Waals surface area contributed by atoms with Crippen molar-refractivity contribution in [2.75, 3.05) is 0 Å². The van der Waals surface area contributed by atoms with Gasteiger partial charge in [0.1, 0.15) is 17.1 Å². The van der Waals surface area contributed by atoms with Crippen LogP contribution in [0, 0.1) is 0 Å². The monoisotopic (exact) mass is 320 g/mol. The summed E-state index contributed by atoms with van der Waals surface area (Å²) in [5.41, 5.74) is 2.21. The van der Waals surface area contributed by atoms with Gasteiger partial charge in [-0.1, -0.05) is 18.2 Å². The van der Waals surface area contributed by atoms with Crippen molar-refractivity contribution in [3.05, 3.63) is 66.2 Å². The molecule has 0 radical (unpaired) electrons. The Bertz CT molecular complexity index is 989. The Morgan fingerprint density at radius 1 is 1.00 bits per heavy atom. The molecule has 0 atom stereocenters. The number of nitrogens with zero attached hydrogens (tertiary/aromatic N) is 4. The molecule has 1 N–H and O–H groups in total. The lowest BCUT2D eigenvalue weighted by atomic mass is 10.3. The molecule has 4 aromatic rings. The molecule has 4 rings (SSSR count). The SMILES string of the molecule is Oc1cccc(N=Nc2c(-c3cccs3)nc3ccccn23)c1. The Labute approximate surface area is 136 Å². The highest BCUT2D eigenvalue weighted by Crippen LogP contribution is 2.34. The van der Waals surface area contributed by atoms with Crippen molar-refractivity contribution in [2.45, 2.75) is 0 Å². The van der Waals surface area contributed by atoms with Gasteiger partial charge in [-0.25, -0.2) is 4.98 Å². The number of phenols is 1. The summed E-state index contributed by atoms with van der Waals surface area (Å²) in [4.78, 5) is 5.70. The molecular formula is C17H12N4OS. The minimum Gasteiger partial charge on any atom is -0.508 e. The zero-order chi connectivity index (χ0) is 15.6. The van der Waals surface area contributed by atoms with E-state index in [4.69, 9.17) is 0 Å². The number of fused-ring (bicyclic) bond motifs is 1. The maximum atomic E-state index is 9.53. The molecule has 0 bridgehead atoms. The van der Waals surface area contributed by atoms with Crippen LogP contribution in [0.25, 0.3) is 16.2 Å². The first-order valence-electron chi connectivity index (χ1n) is 7.03. The standard InChI is InChI=1S/C17H12N4OS/c22-13-6-3-5-12(11-13)19-20-17-16(14-7-4-10-23-14)18-15-8-1-2-9-21(15)17/h1-11,22H. The second kappa shape index (κ2) is 5.66. The van der Waals surface area contributed by atoms with E-state index in [0.717, 1.165) is 16.2 Å². The van der Waals surface area contributed by atoms with Gasteiger partial charge in [-0.3, -0.25) is 4.40 Å². The lowest BCUT2D eigenvalue weighted by Crippen LogP contribution is -1.80. The summed E-state index contributed by atoms with van der Waals surface area (Å²) in [7, 11) is 0. The maximum absolute atomic E-state index is 9.53. The Morgan fingerprint density at radius 3 is 2.78 bits per heavy atom. The summed E-state index contributed by atoms with van der Waals surface area (Å²) in [5, 5.41) is 20.2. The van der Waals surface area contributed by atoms with Crippen LogP contribution in [0.1, 0.15) is 0 Å². The number of thiophene rings is 1. The highest BCUT2D eigenvalue weighted by atomic mass is 32.1. The predicted octanol–water partition coefficient (Wildman–Crippen LogP) is 5.18. The summed E-state index contributed by atoms with van der Waals surface area (Å²) >= 11 is 1.61. The van der Waals surface area contributed by atoms with Gasteiger partial charge in [0.2, 0.25) is 0 Å². The van der Waals surface area contributed by atoms with Gasteiger partial charge in [-0.05, 0) is 35.7 Å². The molecule has 0 aliphatic carbocycles. The van der Waals surface area contributed by atoms with Gasteiger partial charge in [0.05, 0.1) is 10.6 Å². The molecule has 0 aliphatic heterocycles. The lowest BCUT2D eigenvalue weighted by molar-refractivity contribution is 0.475. The predicted molar refractivity (Wildman–Crippen MR) is 90.8 cm³/mol. The molecule has 112 valence electrons. The first-order valence-corrected chi connectivity index (χ1v) is 7.91. The molecule has 0 spiro atoms. The number of phenolic OH excluding ortho intramolecular Hbond substituents is 1. The summed E-state index contributed by atoms with van der Waals surface area (Å²) in [6, 6.07) is 16.5. The van der Waals surface area contributed by atoms with Gasteiger partial charge in [-0.15, -0.1) is 21.6 Å². The molecule has 3 heterocycles. The van der Waals surface area contributed by atoms with E-state index in [1.54, 1.807) is 35.6 Å². The normalized spacial score (nSPS) is 11.5. The van der Waals surface area contributed by atoms with Crippen molar-refractivity contribution in [2.24, 2.45) is 10.2 Å². The molecule has 0 amide bonds. The third-order valence-corrected chi connectivity index (χ3v) is 4.23. The number of hydrogen-bond acceptors (Lipinski definition) is 5. The number of pyridine rings is 1. The van der Waals surface area contributed by atoms with Crippen molar-refractivity contribution in [1.29, 1.82) is 0 Å². The van der Waals surface area contributed by atoms with Crippen molar-refractivity contribution in [3.63, 3.8) is 0 Å². The second-order valence-corrected chi connectivity index (χ2v) is 5.86. The summed E-state index contributed by atoms with van der Waals surface area (Å²) in [6.07, 6.45) is 1.91. The van der Waals surface area contributed by atoms with Gasteiger partial charge in [0, 0.05) is 12.3 Å². The van der Waals surface area contributed by atoms with Crippen molar-refractivity contribution in [3.8, 4) is 16.3 Å². The van der Waals surface area contributed by atoms with Gasteiger partial charge in [0.25, 0.3) is 0 Å². The van der Waals surface area contributed by atoms with E-state index in [2.05, 4.69) is 15.2 Å². The summed E-state index contributed by atoms with van der Waals surface area (Å²) < 4.78 is 1.90. The van der Waals surface area contributed by atoms with Crippen LogP contribution < -0.4 is 0 Å². The van der Waals surface area contributed by atoms with Crippen LogP contribution in [0.2, 0.25) is 0 Å². The van der Waals surface area contributed by atoms with Crippen LogP contribution in [-0.4, -0.2) is 14.5 Å². The van der Waals surface area contributed by atoms with Crippen molar-refractivity contribution < 1.29 is 5.11 Å². The second-order valence-electron chi connectivity index (χ2n) is 4.91. The van der Waals surface area contributed by atoms with Crippen LogP contribution in [0.3, 0.4) is 0 Å². The minimum absolute atomic E-state index is 0.165. The van der Waals surface area contributed by atoms with Gasteiger partial charge >= 0.3 is 0 Å². The number of aromatic hydroxyl groups is 1. The van der Waals surface area contributed by atoms with E-state index < -0.39 is 0 Å². The minimum atomic E-state index is 0.165. The lowest BCUT2D eigenvalue weighted by Gasteiger charge is -1.97. The average molecular weight is 320 g/mol. The topological polar surface area (TPSA) is 62.2 Å². The van der Waals surface area contributed by atoms with Gasteiger partial charge < -0.3 is 5.11 Å². The molecule has 0 unspecified atom stereocenters. The van der Waals surface area contributed by atoms with Crippen LogP contribution in [0.5, 0.6) is 5.75 Å². The fraction of sp³-hybridized carbons (Fsp3) is 0. The van der Waals surface area contributed by atoms with Crippen LogP contribution in [-0.2, 0) is 0 Å². The molecule has 0 saturated carbocycles. The molecule has 1 aromatic carbocycles. The molecule has 0 aliphatic rings. The molecular weight excluding hydrogens is 308 g/mol. The number of aromatic nitrogens is 2. The smallest absolute Gasteiger partial charge is 0.188 e. The van der Waals surface area contributed by atoms with Crippen molar-refractivity contribution >= 4 is 28.5 Å². The zero-order valence-corrected chi connectivity index (χ0v) is 12.8. The van der Waals surface area contributed by atoms with E-state index in [0.29, 0.717) is 11.5 Å². The van der Waals surface area contributed by atoms with E-state index in [1.807, 2.05) is 46.3 Å². The Hall–Kier alpha value is -2.99. The zero-order valence-electron chi connectivity index (χ0n) is 12.0. The van der Waals surface area contributed by atoms with Crippen molar-refractivity contribution in [1.82, 2.24) is 9.38 Å². The first-order chi connectivity index (χ1) is 11.3. The average Bonchev–Trinajstić information content (AvgIpc) is 3.20. The largest absolute Gasteiger partial charge is 0.508 e. The number of azo groups is 1. The summed E-state index contributed by atoms with van der Waals surface area (Å²) in [5.74, 6) is 0.837. The molecule has 0 fully saturated rings. The maximum Gasteiger partial charge on any atom is 0.188 e. The molecule has 3 aromatic heterocycles. The highest BCUT2D eigenvalue weighted by Gasteiger charge is 2.14. The van der Waals surface area contributed by atoms with E-state index >= 15 is 0 Å². The number of hydrogen-bond donors (Lipinski definition) is 1. The third-order valence-electron chi connectivity index (χ3n) is 3.35. The fourth-order valence-corrected chi connectivity index (χ4v) is 3.03. The highest BCUT2D eigenvalue weighted by molar-refractivity contribution is 7.13. The Kier molecular flexibility index (Phi) is 3.36. The van der Waals surface area contributed by atoms with E-state index in [1.165, 1.54) is 0 Å². The molecule has 5 nitrogen and oxygen atoms in total. The Balaban J connectivity index is 1.86. The third kappa shape index (κ3) is 2.60. The molecule has 0 saturated heterocycles. The van der Waals surface area contributed by atoms with Crippen LogP contribution >= 0.6 is 11.3 Å². The van der Waals surface area contributed by atoms with Crippen LogP contribution in [0.15, 0.2) is 76.4 Å². The number of rotatable bonds is 3. The number of benzene rings is 1. The van der Waals surface area contributed by atoms with Gasteiger partial charge in [0.15, 0.2) is 5.82 Å². The first kappa shape index (κ1) is 13.7. The quantitative estimate of drug-likeness (QED) is 0.528. The van der Waals surface area contributed by atoms with Gasteiger partial charge in [-0.2, -0.15) is 0 Å². The fourth-order valence-electron chi connectivity index (χ4n) is 2.32.